The first-order valence-corrected chi connectivity index (χ1v) is 6.93. The Morgan fingerprint density at radius 1 is 1.32 bits per heavy atom. The van der Waals surface area contributed by atoms with Gasteiger partial charge in [0.2, 0.25) is 0 Å². The van der Waals surface area contributed by atoms with Crippen LogP contribution >= 0.6 is 0 Å². The van der Waals surface area contributed by atoms with E-state index in [1.807, 2.05) is 18.7 Å². The highest BCUT2D eigenvalue weighted by Gasteiger charge is 2.08. The molecule has 0 saturated carbocycles. The second-order valence-electron chi connectivity index (χ2n) is 5.12. The lowest BCUT2D eigenvalue weighted by molar-refractivity contribution is 0.525. The highest BCUT2D eigenvalue weighted by atomic mass is 15.0. The topological polar surface area (TPSA) is 29.9 Å². The van der Waals surface area contributed by atoms with Crippen molar-refractivity contribution in [1.82, 2.24) is 14.9 Å². The van der Waals surface area contributed by atoms with Crippen molar-refractivity contribution in [3.05, 3.63) is 53.6 Å². The van der Waals surface area contributed by atoms with Gasteiger partial charge in [-0.3, -0.25) is 0 Å². The van der Waals surface area contributed by atoms with Crippen molar-refractivity contribution in [2.24, 2.45) is 0 Å². The molecule has 0 fully saturated rings. The number of benzene rings is 1. The zero-order chi connectivity index (χ0) is 13.7. The molecule has 3 nitrogen and oxygen atoms in total. The molecule has 0 amide bonds. The zero-order valence-electron chi connectivity index (χ0n) is 12.1. The highest BCUT2D eigenvalue weighted by molar-refractivity contribution is 5.34. The standard InChI is InChI=1S/C16H23N3/c1-13-6-4-7-16(14(13)2)15(3)18-8-5-10-19-11-9-17-12-19/h4,6-7,9,11-12,15,18H,5,8,10H2,1-3H3/t15-/m0/s1. The van der Waals surface area contributed by atoms with E-state index in [1.165, 1.54) is 16.7 Å². The second-order valence-corrected chi connectivity index (χ2v) is 5.12. The molecule has 2 aromatic rings. The maximum absolute atomic E-state index is 4.05. The predicted octanol–water partition coefficient (Wildman–Crippen LogP) is 3.24. The smallest absolute Gasteiger partial charge is 0.0945 e. The van der Waals surface area contributed by atoms with Gasteiger partial charge in [-0.2, -0.15) is 0 Å². The third kappa shape index (κ3) is 3.67. The van der Waals surface area contributed by atoms with Gasteiger partial charge in [0.25, 0.3) is 0 Å². The van der Waals surface area contributed by atoms with E-state index in [0.29, 0.717) is 6.04 Å². The van der Waals surface area contributed by atoms with Crippen LogP contribution in [-0.4, -0.2) is 16.1 Å². The normalized spacial score (nSPS) is 12.6. The fourth-order valence-electron chi connectivity index (χ4n) is 2.35. The molecule has 1 N–H and O–H groups in total. The molecule has 0 spiro atoms. The Hall–Kier alpha value is -1.61. The summed E-state index contributed by atoms with van der Waals surface area (Å²) in [5.74, 6) is 0. The van der Waals surface area contributed by atoms with E-state index in [4.69, 9.17) is 0 Å². The van der Waals surface area contributed by atoms with Crippen LogP contribution in [0.5, 0.6) is 0 Å². The third-order valence-electron chi connectivity index (χ3n) is 3.72. The van der Waals surface area contributed by atoms with Crippen molar-refractivity contribution in [1.29, 1.82) is 0 Å². The maximum Gasteiger partial charge on any atom is 0.0945 e. The summed E-state index contributed by atoms with van der Waals surface area (Å²) in [7, 11) is 0. The summed E-state index contributed by atoms with van der Waals surface area (Å²) in [4.78, 5) is 4.05. The Labute approximate surface area is 115 Å². The molecule has 0 radical (unpaired) electrons. The molecule has 0 aliphatic heterocycles. The van der Waals surface area contributed by atoms with Crippen LogP contribution in [-0.2, 0) is 6.54 Å². The van der Waals surface area contributed by atoms with Gasteiger partial charge in [0, 0.05) is 25.0 Å². The number of nitrogens with one attached hydrogen (secondary N) is 1. The second kappa shape index (κ2) is 6.53. The quantitative estimate of drug-likeness (QED) is 0.805. The summed E-state index contributed by atoms with van der Waals surface area (Å²) in [5, 5.41) is 3.60. The molecule has 0 aliphatic carbocycles. The van der Waals surface area contributed by atoms with Crippen molar-refractivity contribution in [2.45, 2.75) is 39.8 Å². The Balaban J connectivity index is 1.81. The van der Waals surface area contributed by atoms with Crippen LogP contribution < -0.4 is 5.32 Å². The Morgan fingerprint density at radius 3 is 2.89 bits per heavy atom. The molecule has 2 rings (SSSR count). The van der Waals surface area contributed by atoms with Gasteiger partial charge in [-0.15, -0.1) is 0 Å². The van der Waals surface area contributed by atoms with Crippen LogP contribution in [0.15, 0.2) is 36.9 Å². The van der Waals surface area contributed by atoms with E-state index in [9.17, 15) is 0 Å². The molecular formula is C16H23N3. The van der Waals surface area contributed by atoms with Crippen LogP contribution in [0.4, 0.5) is 0 Å². The molecule has 0 bridgehead atoms. The third-order valence-corrected chi connectivity index (χ3v) is 3.72. The number of hydrogen-bond acceptors (Lipinski definition) is 2. The number of rotatable bonds is 6. The minimum absolute atomic E-state index is 0.405. The van der Waals surface area contributed by atoms with E-state index >= 15 is 0 Å². The lowest BCUT2D eigenvalue weighted by Crippen LogP contribution is -2.21. The Bertz CT molecular complexity index is 503. The number of aryl methyl sites for hydroxylation is 2. The van der Waals surface area contributed by atoms with Crippen LogP contribution in [0, 0.1) is 13.8 Å². The molecule has 0 unspecified atom stereocenters. The molecule has 102 valence electrons. The van der Waals surface area contributed by atoms with Crippen LogP contribution in [0.25, 0.3) is 0 Å². The largest absolute Gasteiger partial charge is 0.337 e. The van der Waals surface area contributed by atoms with E-state index < -0.39 is 0 Å². The monoisotopic (exact) mass is 257 g/mol. The van der Waals surface area contributed by atoms with Crippen molar-refractivity contribution >= 4 is 0 Å². The summed E-state index contributed by atoms with van der Waals surface area (Å²) in [6.07, 6.45) is 6.82. The van der Waals surface area contributed by atoms with Gasteiger partial charge in [-0.25, -0.2) is 4.98 Å². The lowest BCUT2D eigenvalue weighted by Gasteiger charge is -2.18. The predicted molar refractivity (Wildman–Crippen MR) is 79.2 cm³/mol. The van der Waals surface area contributed by atoms with E-state index in [1.54, 1.807) is 0 Å². The first-order valence-electron chi connectivity index (χ1n) is 6.93. The van der Waals surface area contributed by atoms with Crippen molar-refractivity contribution < 1.29 is 0 Å². The Kier molecular flexibility index (Phi) is 4.74. The molecule has 1 heterocycles. The van der Waals surface area contributed by atoms with Crippen molar-refractivity contribution in [3.63, 3.8) is 0 Å². The highest BCUT2D eigenvalue weighted by Crippen LogP contribution is 2.19. The summed E-state index contributed by atoms with van der Waals surface area (Å²) < 4.78 is 2.12. The summed E-state index contributed by atoms with van der Waals surface area (Å²) in [6, 6.07) is 6.93. The first-order chi connectivity index (χ1) is 9.18. The van der Waals surface area contributed by atoms with Gasteiger partial charge >= 0.3 is 0 Å². The Morgan fingerprint density at radius 2 is 2.16 bits per heavy atom. The van der Waals surface area contributed by atoms with Gasteiger partial charge in [-0.05, 0) is 50.4 Å². The molecule has 0 saturated heterocycles. The summed E-state index contributed by atoms with van der Waals surface area (Å²) in [6.45, 7) is 8.65. The zero-order valence-corrected chi connectivity index (χ0v) is 12.1. The molecule has 1 atom stereocenters. The van der Waals surface area contributed by atoms with Gasteiger partial charge in [0.1, 0.15) is 0 Å². The van der Waals surface area contributed by atoms with Crippen LogP contribution in [0.1, 0.15) is 36.1 Å². The minimum Gasteiger partial charge on any atom is -0.337 e. The summed E-state index contributed by atoms with van der Waals surface area (Å²) in [5.41, 5.74) is 4.17. The number of imidazole rings is 1. The van der Waals surface area contributed by atoms with Gasteiger partial charge in [0.15, 0.2) is 0 Å². The van der Waals surface area contributed by atoms with Gasteiger partial charge in [0.05, 0.1) is 6.33 Å². The SMILES string of the molecule is Cc1cccc([C@H](C)NCCCn2ccnc2)c1C. The summed E-state index contributed by atoms with van der Waals surface area (Å²) >= 11 is 0. The average Bonchev–Trinajstić information content (AvgIpc) is 2.91. The van der Waals surface area contributed by atoms with E-state index in [-0.39, 0.29) is 0 Å². The molecular weight excluding hydrogens is 234 g/mol. The fourth-order valence-corrected chi connectivity index (χ4v) is 2.35. The van der Waals surface area contributed by atoms with Gasteiger partial charge < -0.3 is 9.88 Å². The molecule has 1 aromatic heterocycles. The van der Waals surface area contributed by atoms with Crippen molar-refractivity contribution in [3.8, 4) is 0 Å². The van der Waals surface area contributed by atoms with E-state index in [0.717, 1.165) is 19.5 Å². The van der Waals surface area contributed by atoms with Crippen LogP contribution in [0.2, 0.25) is 0 Å². The molecule has 3 heteroatoms. The molecule has 0 aliphatic rings. The van der Waals surface area contributed by atoms with Crippen molar-refractivity contribution in [2.75, 3.05) is 6.54 Å². The fraction of sp³-hybridized carbons (Fsp3) is 0.438. The van der Waals surface area contributed by atoms with Gasteiger partial charge in [-0.1, -0.05) is 18.2 Å². The number of hydrogen-bond donors (Lipinski definition) is 1. The number of aromatic nitrogens is 2. The molecule has 1 aromatic carbocycles. The maximum atomic E-state index is 4.05. The number of nitrogens with zero attached hydrogens (tertiary/aromatic N) is 2. The van der Waals surface area contributed by atoms with Crippen LogP contribution in [0.3, 0.4) is 0 Å². The average molecular weight is 257 g/mol. The van der Waals surface area contributed by atoms with E-state index in [2.05, 4.69) is 53.8 Å². The lowest BCUT2D eigenvalue weighted by atomic mass is 9.98. The first kappa shape index (κ1) is 13.8. The minimum atomic E-state index is 0.405. The molecule has 19 heavy (non-hydrogen) atoms.